The third-order valence-corrected chi connectivity index (χ3v) is 6.07. The van der Waals surface area contributed by atoms with Crippen molar-refractivity contribution in [3.05, 3.63) is 70.2 Å². The summed E-state index contributed by atoms with van der Waals surface area (Å²) in [6.45, 7) is 2.66. The van der Waals surface area contributed by atoms with Crippen molar-refractivity contribution < 1.29 is 9.18 Å². The highest BCUT2D eigenvalue weighted by Gasteiger charge is 2.20. The van der Waals surface area contributed by atoms with Gasteiger partial charge in [-0.1, -0.05) is 58.0 Å². The number of carbonyl (C=O) groups is 1. The van der Waals surface area contributed by atoms with Crippen LogP contribution in [0.2, 0.25) is 0 Å². The van der Waals surface area contributed by atoms with Gasteiger partial charge < -0.3 is 9.88 Å². The number of benzene rings is 2. The lowest BCUT2D eigenvalue weighted by Gasteiger charge is -2.20. The first-order valence-electron chi connectivity index (χ1n) is 9.36. The Kier molecular flexibility index (Phi) is 7.63. The Bertz CT molecular complexity index is 1010. The SMILES string of the molecule is C[C@H](c1nnc(SCC(=O)Nc2ccc(Br)cc2F)n1Cc1ccccc1)N(C)C. The molecule has 9 heteroatoms. The molecule has 3 rings (SSSR count). The number of amides is 1. The smallest absolute Gasteiger partial charge is 0.234 e. The second-order valence-corrected chi connectivity index (χ2v) is 8.87. The third kappa shape index (κ3) is 5.68. The molecule has 1 N–H and O–H groups in total. The highest BCUT2D eigenvalue weighted by Crippen LogP contribution is 2.25. The number of hydrogen-bond donors (Lipinski definition) is 1. The van der Waals surface area contributed by atoms with Crippen LogP contribution in [0.25, 0.3) is 0 Å². The van der Waals surface area contributed by atoms with Crippen molar-refractivity contribution in [1.29, 1.82) is 0 Å². The summed E-state index contributed by atoms with van der Waals surface area (Å²) in [4.78, 5) is 14.4. The molecule has 1 aromatic heterocycles. The Morgan fingerprint density at radius 1 is 1.23 bits per heavy atom. The largest absolute Gasteiger partial charge is 0.323 e. The van der Waals surface area contributed by atoms with Gasteiger partial charge in [-0.15, -0.1) is 10.2 Å². The van der Waals surface area contributed by atoms with E-state index in [0.29, 0.717) is 16.2 Å². The zero-order valence-corrected chi connectivity index (χ0v) is 19.4. The maximum absolute atomic E-state index is 14.0. The van der Waals surface area contributed by atoms with Crippen molar-refractivity contribution in [1.82, 2.24) is 19.7 Å². The van der Waals surface area contributed by atoms with Gasteiger partial charge in [0.15, 0.2) is 11.0 Å². The van der Waals surface area contributed by atoms with E-state index in [0.717, 1.165) is 11.4 Å². The van der Waals surface area contributed by atoms with E-state index in [-0.39, 0.29) is 23.4 Å². The number of hydrogen-bond acceptors (Lipinski definition) is 5. The standard InChI is InChI=1S/C21H23BrFN5OS/c1-14(27(2)3)20-25-26-21(28(20)12-15-7-5-4-6-8-15)30-13-19(29)24-18-10-9-16(22)11-17(18)23/h4-11,14H,12-13H2,1-3H3,(H,24,29)/t14-/m1/s1. The lowest BCUT2D eigenvalue weighted by molar-refractivity contribution is -0.113. The van der Waals surface area contributed by atoms with Gasteiger partial charge in [0, 0.05) is 4.47 Å². The lowest BCUT2D eigenvalue weighted by atomic mass is 10.2. The Labute approximate surface area is 188 Å². The minimum absolute atomic E-state index is 0.0567. The Hall–Kier alpha value is -2.23. The van der Waals surface area contributed by atoms with Crippen LogP contribution in [-0.4, -0.2) is 45.4 Å². The van der Waals surface area contributed by atoms with E-state index in [9.17, 15) is 9.18 Å². The maximum atomic E-state index is 14.0. The molecule has 2 aromatic carbocycles. The number of halogens is 2. The molecule has 1 amide bonds. The molecule has 0 bridgehead atoms. The summed E-state index contributed by atoms with van der Waals surface area (Å²) in [5, 5.41) is 11.9. The summed E-state index contributed by atoms with van der Waals surface area (Å²) in [5.74, 6) is 0.124. The van der Waals surface area contributed by atoms with Crippen molar-refractivity contribution >= 4 is 39.3 Å². The van der Waals surface area contributed by atoms with Crippen LogP contribution in [-0.2, 0) is 11.3 Å². The molecule has 6 nitrogen and oxygen atoms in total. The van der Waals surface area contributed by atoms with Gasteiger partial charge in [-0.25, -0.2) is 4.39 Å². The van der Waals surface area contributed by atoms with Gasteiger partial charge in [0.25, 0.3) is 0 Å². The van der Waals surface area contributed by atoms with Crippen molar-refractivity contribution in [3.8, 4) is 0 Å². The Balaban J connectivity index is 1.75. The highest BCUT2D eigenvalue weighted by molar-refractivity contribution is 9.10. The minimum atomic E-state index is -0.489. The fourth-order valence-corrected chi connectivity index (χ4v) is 3.85. The Morgan fingerprint density at radius 3 is 2.63 bits per heavy atom. The van der Waals surface area contributed by atoms with E-state index in [2.05, 4.69) is 43.3 Å². The molecule has 1 atom stereocenters. The van der Waals surface area contributed by atoms with Crippen LogP contribution >= 0.6 is 27.7 Å². The molecule has 0 aliphatic rings. The van der Waals surface area contributed by atoms with Crippen LogP contribution in [0.4, 0.5) is 10.1 Å². The summed E-state index contributed by atoms with van der Waals surface area (Å²) in [5.41, 5.74) is 1.27. The number of carbonyl (C=O) groups excluding carboxylic acids is 1. The zero-order chi connectivity index (χ0) is 21.7. The number of rotatable bonds is 8. The van der Waals surface area contributed by atoms with Gasteiger partial charge in [0.2, 0.25) is 5.91 Å². The first-order chi connectivity index (χ1) is 14.3. The molecule has 0 unspecified atom stereocenters. The normalized spacial score (nSPS) is 12.2. The Morgan fingerprint density at radius 2 is 1.97 bits per heavy atom. The summed E-state index contributed by atoms with van der Waals surface area (Å²) in [7, 11) is 3.97. The van der Waals surface area contributed by atoms with Crippen LogP contribution in [0.15, 0.2) is 58.2 Å². The van der Waals surface area contributed by atoms with E-state index in [4.69, 9.17) is 0 Å². The summed E-state index contributed by atoms with van der Waals surface area (Å²) < 4.78 is 16.6. The molecule has 0 aliphatic carbocycles. The molecule has 158 valence electrons. The predicted molar refractivity (Wildman–Crippen MR) is 121 cm³/mol. The van der Waals surface area contributed by atoms with Crippen LogP contribution in [0.3, 0.4) is 0 Å². The zero-order valence-electron chi connectivity index (χ0n) is 17.0. The predicted octanol–water partition coefficient (Wildman–Crippen LogP) is 4.58. The maximum Gasteiger partial charge on any atom is 0.234 e. The molecular formula is C21H23BrFN5OS. The van der Waals surface area contributed by atoms with Gasteiger partial charge >= 0.3 is 0 Å². The first kappa shape index (κ1) is 22.5. The lowest BCUT2D eigenvalue weighted by Crippen LogP contribution is -2.21. The fraction of sp³-hybridized carbons (Fsp3) is 0.286. The fourth-order valence-electron chi connectivity index (χ4n) is 2.77. The molecule has 0 fully saturated rings. The van der Waals surface area contributed by atoms with E-state index >= 15 is 0 Å². The molecule has 0 saturated carbocycles. The van der Waals surface area contributed by atoms with Crippen molar-refractivity contribution in [2.75, 3.05) is 25.2 Å². The van der Waals surface area contributed by atoms with Crippen molar-refractivity contribution in [2.24, 2.45) is 0 Å². The topological polar surface area (TPSA) is 63.1 Å². The second kappa shape index (κ2) is 10.2. The summed E-state index contributed by atoms with van der Waals surface area (Å²) >= 11 is 4.48. The van der Waals surface area contributed by atoms with Gasteiger partial charge in [-0.3, -0.25) is 9.69 Å². The van der Waals surface area contributed by atoms with Crippen LogP contribution in [0.5, 0.6) is 0 Å². The van der Waals surface area contributed by atoms with E-state index in [1.807, 2.05) is 49.0 Å². The number of aromatic nitrogens is 3. The number of thioether (sulfide) groups is 1. The first-order valence-corrected chi connectivity index (χ1v) is 11.1. The van der Waals surface area contributed by atoms with Gasteiger partial charge in [0.1, 0.15) is 5.82 Å². The molecule has 0 aliphatic heterocycles. The quantitative estimate of drug-likeness (QED) is 0.467. The summed E-state index contributed by atoms with van der Waals surface area (Å²) in [6.07, 6.45) is 0. The molecule has 0 spiro atoms. The van der Waals surface area contributed by atoms with E-state index < -0.39 is 5.82 Å². The van der Waals surface area contributed by atoms with Crippen LogP contribution in [0, 0.1) is 5.82 Å². The van der Waals surface area contributed by atoms with E-state index in [1.54, 1.807) is 6.07 Å². The molecular weight excluding hydrogens is 469 g/mol. The molecule has 3 aromatic rings. The third-order valence-electron chi connectivity index (χ3n) is 4.61. The number of anilines is 1. The average molecular weight is 492 g/mol. The molecule has 0 saturated heterocycles. The van der Waals surface area contributed by atoms with Gasteiger partial charge in [0.05, 0.1) is 24.0 Å². The monoisotopic (exact) mass is 491 g/mol. The van der Waals surface area contributed by atoms with Gasteiger partial charge in [-0.05, 0) is 44.8 Å². The molecule has 0 radical (unpaired) electrons. The van der Waals surface area contributed by atoms with Crippen LogP contribution in [0.1, 0.15) is 24.4 Å². The van der Waals surface area contributed by atoms with Gasteiger partial charge in [-0.2, -0.15) is 0 Å². The minimum Gasteiger partial charge on any atom is -0.323 e. The number of nitrogens with zero attached hydrogens (tertiary/aromatic N) is 4. The van der Waals surface area contributed by atoms with E-state index in [1.165, 1.54) is 23.9 Å². The average Bonchev–Trinajstić information content (AvgIpc) is 3.11. The van der Waals surface area contributed by atoms with Crippen LogP contribution < -0.4 is 5.32 Å². The van der Waals surface area contributed by atoms with Crippen molar-refractivity contribution in [2.45, 2.75) is 24.7 Å². The second-order valence-electron chi connectivity index (χ2n) is 7.01. The number of nitrogens with one attached hydrogen (secondary N) is 1. The molecule has 30 heavy (non-hydrogen) atoms. The highest BCUT2D eigenvalue weighted by atomic mass is 79.9. The summed E-state index contributed by atoms with van der Waals surface area (Å²) in [6, 6.07) is 14.6. The van der Waals surface area contributed by atoms with Crippen molar-refractivity contribution in [3.63, 3.8) is 0 Å². The molecule has 1 heterocycles.